The van der Waals surface area contributed by atoms with Crippen molar-refractivity contribution in [2.24, 2.45) is 0 Å². The molecule has 2 N–H and O–H groups in total. The maximum absolute atomic E-state index is 12.3. The number of rotatable bonds is 5. The van der Waals surface area contributed by atoms with Crippen LogP contribution in [0.15, 0.2) is 77.4 Å². The predicted molar refractivity (Wildman–Crippen MR) is 104 cm³/mol. The molecule has 0 spiro atoms. The monoisotopic (exact) mass is 395 g/mol. The first-order valence-electron chi connectivity index (χ1n) is 7.96. The first-order valence-corrected chi connectivity index (χ1v) is 8.75. The number of benzene rings is 2. The first-order chi connectivity index (χ1) is 12.1. The standard InChI is InChI=1S/C20H18BrN3O/c1-14(15-6-3-2-4-7-15)23-20(25)19-11-10-18(13-22-19)24-17-9-5-8-16(21)12-17/h2-14,24H,1H3,(H,23,25). The molecular formula is C20H18BrN3O. The van der Waals surface area contributed by atoms with Crippen LogP contribution in [-0.4, -0.2) is 10.9 Å². The quantitative estimate of drug-likeness (QED) is 0.633. The second-order valence-electron chi connectivity index (χ2n) is 5.67. The molecule has 1 unspecified atom stereocenters. The summed E-state index contributed by atoms with van der Waals surface area (Å²) < 4.78 is 0.997. The van der Waals surface area contributed by atoms with Gasteiger partial charge in [0.25, 0.3) is 5.91 Å². The van der Waals surface area contributed by atoms with Crippen LogP contribution in [0.4, 0.5) is 11.4 Å². The minimum Gasteiger partial charge on any atom is -0.354 e. The van der Waals surface area contributed by atoms with E-state index in [2.05, 4.69) is 31.5 Å². The summed E-state index contributed by atoms with van der Waals surface area (Å²) in [6, 6.07) is 21.2. The number of pyridine rings is 1. The van der Waals surface area contributed by atoms with E-state index in [1.165, 1.54) is 0 Å². The van der Waals surface area contributed by atoms with Gasteiger partial charge >= 0.3 is 0 Å². The van der Waals surface area contributed by atoms with Crippen molar-refractivity contribution in [2.45, 2.75) is 13.0 Å². The van der Waals surface area contributed by atoms with Gasteiger partial charge < -0.3 is 10.6 Å². The number of nitrogens with zero attached hydrogens (tertiary/aromatic N) is 1. The highest BCUT2D eigenvalue weighted by atomic mass is 79.9. The number of aromatic nitrogens is 1. The van der Waals surface area contributed by atoms with Crippen LogP contribution < -0.4 is 10.6 Å². The van der Waals surface area contributed by atoms with Gasteiger partial charge in [-0.3, -0.25) is 4.79 Å². The molecule has 0 bridgehead atoms. The number of hydrogen-bond donors (Lipinski definition) is 2. The summed E-state index contributed by atoms with van der Waals surface area (Å²) in [5.41, 5.74) is 3.23. The lowest BCUT2D eigenvalue weighted by molar-refractivity contribution is 0.0935. The van der Waals surface area contributed by atoms with E-state index in [4.69, 9.17) is 0 Å². The Balaban J connectivity index is 1.64. The lowest BCUT2D eigenvalue weighted by Crippen LogP contribution is -2.27. The SMILES string of the molecule is CC(NC(=O)c1ccc(Nc2cccc(Br)c2)cn1)c1ccccc1. The Labute approximate surface area is 155 Å². The van der Waals surface area contributed by atoms with Crippen LogP contribution in [-0.2, 0) is 0 Å². The third-order valence-corrected chi connectivity index (χ3v) is 4.25. The molecule has 1 heterocycles. The molecule has 25 heavy (non-hydrogen) atoms. The average Bonchev–Trinajstić information content (AvgIpc) is 2.63. The second kappa shape index (κ2) is 7.94. The summed E-state index contributed by atoms with van der Waals surface area (Å²) in [5.74, 6) is -0.189. The highest BCUT2D eigenvalue weighted by Crippen LogP contribution is 2.20. The first kappa shape index (κ1) is 17.2. The lowest BCUT2D eigenvalue weighted by Gasteiger charge is -2.14. The van der Waals surface area contributed by atoms with Gasteiger partial charge in [0.15, 0.2) is 0 Å². The Hall–Kier alpha value is -2.66. The Morgan fingerprint density at radius 3 is 2.48 bits per heavy atom. The molecule has 0 aliphatic carbocycles. The van der Waals surface area contributed by atoms with Gasteiger partial charge in [0, 0.05) is 10.2 Å². The molecule has 3 aromatic rings. The molecule has 5 heteroatoms. The number of carbonyl (C=O) groups is 1. The molecule has 1 amide bonds. The zero-order valence-corrected chi connectivity index (χ0v) is 15.3. The third kappa shape index (κ3) is 4.67. The van der Waals surface area contributed by atoms with Crippen molar-refractivity contribution in [2.75, 3.05) is 5.32 Å². The fraction of sp³-hybridized carbons (Fsp3) is 0.100. The predicted octanol–water partition coefficient (Wildman–Crippen LogP) is 5.08. The minimum absolute atomic E-state index is 0.0741. The number of nitrogens with one attached hydrogen (secondary N) is 2. The molecule has 0 aliphatic rings. The number of amides is 1. The van der Waals surface area contributed by atoms with Crippen molar-refractivity contribution in [3.63, 3.8) is 0 Å². The highest BCUT2D eigenvalue weighted by Gasteiger charge is 2.12. The van der Waals surface area contributed by atoms with E-state index < -0.39 is 0 Å². The third-order valence-electron chi connectivity index (χ3n) is 3.76. The topological polar surface area (TPSA) is 54.0 Å². The maximum Gasteiger partial charge on any atom is 0.270 e. The van der Waals surface area contributed by atoms with Crippen LogP contribution in [0.25, 0.3) is 0 Å². The molecule has 4 nitrogen and oxygen atoms in total. The van der Waals surface area contributed by atoms with E-state index in [-0.39, 0.29) is 11.9 Å². The van der Waals surface area contributed by atoms with E-state index >= 15 is 0 Å². The van der Waals surface area contributed by atoms with Crippen LogP contribution in [0.5, 0.6) is 0 Å². The van der Waals surface area contributed by atoms with Crippen LogP contribution in [0.2, 0.25) is 0 Å². The molecule has 2 aromatic carbocycles. The Morgan fingerprint density at radius 1 is 1.00 bits per heavy atom. The molecule has 1 atom stereocenters. The molecule has 0 saturated heterocycles. The fourth-order valence-corrected chi connectivity index (χ4v) is 2.83. The van der Waals surface area contributed by atoms with Crippen molar-refractivity contribution in [1.29, 1.82) is 0 Å². The van der Waals surface area contributed by atoms with Gasteiger partial charge in [-0.15, -0.1) is 0 Å². The summed E-state index contributed by atoms with van der Waals surface area (Å²) >= 11 is 3.44. The zero-order chi connectivity index (χ0) is 17.6. The fourth-order valence-electron chi connectivity index (χ4n) is 2.43. The Morgan fingerprint density at radius 2 is 1.80 bits per heavy atom. The van der Waals surface area contributed by atoms with Gasteiger partial charge in [-0.25, -0.2) is 4.98 Å². The number of anilines is 2. The largest absolute Gasteiger partial charge is 0.354 e. The number of halogens is 1. The zero-order valence-electron chi connectivity index (χ0n) is 13.7. The Bertz CT molecular complexity index is 850. The summed E-state index contributed by atoms with van der Waals surface area (Å²) in [6.07, 6.45) is 1.66. The van der Waals surface area contributed by atoms with Crippen LogP contribution in [0.3, 0.4) is 0 Å². The molecular weight excluding hydrogens is 378 g/mol. The molecule has 0 saturated carbocycles. The van der Waals surface area contributed by atoms with Crippen LogP contribution >= 0.6 is 15.9 Å². The van der Waals surface area contributed by atoms with E-state index in [1.807, 2.05) is 67.6 Å². The summed E-state index contributed by atoms with van der Waals surface area (Å²) in [5, 5.41) is 6.21. The van der Waals surface area contributed by atoms with Gasteiger partial charge in [-0.1, -0.05) is 52.3 Å². The van der Waals surface area contributed by atoms with E-state index in [9.17, 15) is 4.79 Å². The molecule has 126 valence electrons. The highest BCUT2D eigenvalue weighted by molar-refractivity contribution is 9.10. The van der Waals surface area contributed by atoms with E-state index in [0.29, 0.717) is 5.69 Å². The van der Waals surface area contributed by atoms with Gasteiger partial charge in [-0.05, 0) is 42.8 Å². The van der Waals surface area contributed by atoms with Crippen molar-refractivity contribution >= 4 is 33.2 Å². The summed E-state index contributed by atoms with van der Waals surface area (Å²) in [7, 11) is 0. The van der Waals surface area contributed by atoms with E-state index in [0.717, 1.165) is 21.4 Å². The van der Waals surface area contributed by atoms with Gasteiger partial charge in [0.1, 0.15) is 5.69 Å². The molecule has 1 aromatic heterocycles. The van der Waals surface area contributed by atoms with Crippen molar-refractivity contribution in [1.82, 2.24) is 10.3 Å². The molecule has 3 rings (SSSR count). The minimum atomic E-state index is -0.189. The van der Waals surface area contributed by atoms with Gasteiger partial charge in [0.05, 0.1) is 17.9 Å². The molecule has 0 radical (unpaired) electrons. The van der Waals surface area contributed by atoms with Crippen molar-refractivity contribution in [3.8, 4) is 0 Å². The van der Waals surface area contributed by atoms with Crippen molar-refractivity contribution < 1.29 is 4.79 Å². The average molecular weight is 396 g/mol. The summed E-state index contributed by atoms with van der Waals surface area (Å²) in [4.78, 5) is 16.6. The normalized spacial score (nSPS) is 11.6. The Kier molecular flexibility index (Phi) is 5.46. The van der Waals surface area contributed by atoms with E-state index in [1.54, 1.807) is 12.3 Å². The smallest absolute Gasteiger partial charge is 0.270 e. The van der Waals surface area contributed by atoms with Crippen molar-refractivity contribution in [3.05, 3.63) is 88.7 Å². The maximum atomic E-state index is 12.3. The van der Waals surface area contributed by atoms with Crippen LogP contribution in [0, 0.1) is 0 Å². The van der Waals surface area contributed by atoms with Gasteiger partial charge in [0.2, 0.25) is 0 Å². The molecule has 0 fully saturated rings. The summed E-state index contributed by atoms with van der Waals surface area (Å²) in [6.45, 7) is 1.95. The number of hydrogen-bond acceptors (Lipinski definition) is 3. The number of carbonyl (C=O) groups excluding carboxylic acids is 1. The van der Waals surface area contributed by atoms with Gasteiger partial charge in [-0.2, -0.15) is 0 Å². The second-order valence-corrected chi connectivity index (χ2v) is 6.59. The van der Waals surface area contributed by atoms with Crippen LogP contribution in [0.1, 0.15) is 29.0 Å². The molecule has 0 aliphatic heterocycles. The lowest BCUT2D eigenvalue weighted by atomic mass is 10.1.